The molecule has 66 valence electrons. The second-order valence-corrected chi connectivity index (χ2v) is 4.37. The van der Waals surface area contributed by atoms with Crippen LogP contribution in [0.5, 0.6) is 0 Å². The summed E-state index contributed by atoms with van der Waals surface area (Å²) >= 11 is 0. The van der Waals surface area contributed by atoms with Gasteiger partial charge in [0.05, 0.1) is 11.5 Å². The van der Waals surface area contributed by atoms with E-state index in [4.69, 9.17) is 5.26 Å². The van der Waals surface area contributed by atoms with E-state index in [0.717, 1.165) is 19.3 Å². The average Bonchev–Trinajstić information content (AvgIpc) is 2.74. The molecule has 0 radical (unpaired) electrons. The lowest BCUT2D eigenvalue weighted by Gasteiger charge is -2.21. The summed E-state index contributed by atoms with van der Waals surface area (Å²) in [6, 6.07) is 3.17. The maximum absolute atomic E-state index is 8.93. The first-order chi connectivity index (χ1) is 5.76. The van der Waals surface area contributed by atoms with Crippen LogP contribution in [0.4, 0.5) is 0 Å². The van der Waals surface area contributed by atoms with Crippen LogP contribution in [0.3, 0.4) is 0 Å². The van der Waals surface area contributed by atoms with E-state index >= 15 is 0 Å². The summed E-state index contributed by atoms with van der Waals surface area (Å²) < 4.78 is 0. The molecule has 2 aliphatic rings. The quantitative estimate of drug-likeness (QED) is 0.622. The van der Waals surface area contributed by atoms with Crippen molar-refractivity contribution in [3.05, 3.63) is 0 Å². The summed E-state index contributed by atoms with van der Waals surface area (Å²) in [7, 11) is 2.19. The van der Waals surface area contributed by atoms with E-state index in [1.54, 1.807) is 0 Å². The molecule has 2 fully saturated rings. The minimum atomic E-state index is 0.100. The first-order valence-corrected chi connectivity index (χ1v) is 4.87. The molecule has 2 nitrogen and oxygen atoms in total. The fraction of sp³-hybridized carbons (Fsp3) is 0.900. The van der Waals surface area contributed by atoms with Crippen LogP contribution in [-0.4, -0.2) is 24.5 Å². The molecule has 2 heteroatoms. The third kappa shape index (κ3) is 1.34. The Hall–Kier alpha value is -0.550. The number of nitriles is 1. The first-order valence-electron chi connectivity index (χ1n) is 4.87. The highest BCUT2D eigenvalue weighted by Crippen LogP contribution is 2.50. The van der Waals surface area contributed by atoms with Gasteiger partial charge in [0.25, 0.3) is 0 Å². The van der Waals surface area contributed by atoms with E-state index in [1.807, 2.05) is 0 Å². The van der Waals surface area contributed by atoms with Crippen molar-refractivity contribution in [3.8, 4) is 6.07 Å². The number of hydrogen-bond donors (Lipinski definition) is 0. The van der Waals surface area contributed by atoms with Gasteiger partial charge in [-0.1, -0.05) is 0 Å². The van der Waals surface area contributed by atoms with Crippen LogP contribution >= 0.6 is 0 Å². The molecular weight excluding hydrogens is 148 g/mol. The molecular formula is C10H16N2. The van der Waals surface area contributed by atoms with Crippen LogP contribution in [0.15, 0.2) is 0 Å². The maximum atomic E-state index is 8.93. The molecule has 12 heavy (non-hydrogen) atoms. The van der Waals surface area contributed by atoms with E-state index in [0.29, 0.717) is 6.04 Å². The van der Waals surface area contributed by atoms with E-state index in [-0.39, 0.29) is 5.41 Å². The van der Waals surface area contributed by atoms with Gasteiger partial charge in [0, 0.05) is 6.04 Å². The van der Waals surface area contributed by atoms with Gasteiger partial charge in [-0.2, -0.15) is 5.26 Å². The van der Waals surface area contributed by atoms with Crippen molar-refractivity contribution in [3.63, 3.8) is 0 Å². The molecule has 0 aromatic rings. The van der Waals surface area contributed by atoms with Gasteiger partial charge >= 0.3 is 0 Å². The van der Waals surface area contributed by atoms with E-state index in [9.17, 15) is 0 Å². The zero-order valence-corrected chi connectivity index (χ0v) is 7.71. The molecule has 0 aromatic carbocycles. The van der Waals surface area contributed by atoms with Crippen LogP contribution in [0.2, 0.25) is 0 Å². The third-order valence-electron chi connectivity index (χ3n) is 3.39. The molecule has 1 saturated heterocycles. The summed E-state index contributed by atoms with van der Waals surface area (Å²) in [4.78, 5) is 2.41. The van der Waals surface area contributed by atoms with Crippen molar-refractivity contribution < 1.29 is 0 Å². The van der Waals surface area contributed by atoms with Crippen molar-refractivity contribution in [2.75, 3.05) is 13.6 Å². The van der Waals surface area contributed by atoms with Gasteiger partial charge < -0.3 is 4.90 Å². The molecule has 0 aromatic heterocycles. The molecule has 1 atom stereocenters. The predicted octanol–water partition coefficient (Wildman–Crippen LogP) is 1.77. The fourth-order valence-corrected chi connectivity index (χ4v) is 2.20. The van der Waals surface area contributed by atoms with Crippen molar-refractivity contribution in [1.82, 2.24) is 4.90 Å². The molecule has 1 aliphatic carbocycles. The van der Waals surface area contributed by atoms with Crippen LogP contribution in [0.25, 0.3) is 0 Å². The molecule has 0 spiro atoms. The Morgan fingerprint density at radius 1 is 1.58 bits per heavy atom. The molecule has 1 saturated carbocycles. The maximum Gasteiger partial charge on any atom is 0.0690 e. The Kier molecular flexibility index (Phi) is 1.84. The van der Waals surface area contributed by atoms with Crippen LogP contribution in [0.1, 0.15) is 32.1 Å². The molecule has 1 heterocycles. The van der Waals surface area contributed by atoms with Gasteiger partial charge in [0.15, 0.2) is 0 Å². The molecule has 1 aliphatic heterocycles. The second kappa shape index (κ2) is 2.74. The average molecular weight is 164 g/mol. The molecule has 0 amide bonds. The van der Waals surface area contributed by atoms with Crippen molar-refractivity contribution in [2.24, 2.45) is 5.41 Å². The normalized spacial score (nSPS) is 33.2. The van der Waals surface area contributed by atoms with Gasteiger partial charge in [-0.05, 0) is 45.7 Å². The molecule has 1 unspecified atom stereocenters. The molecule has 2 rings (SSSR count). The number of rotatable bonds is 2. The minimum absolute atomic E-state index is 0.100. The zero-order chi connectivity index (χ0) is 8.60. The Balaban J connectivity index is 1.91. The molecule has 0 N–H and O–H groups in total. The second-order valence-electron chi connectivity index (χ2n) is 4.37. The fourth-order valence-electron chi connectivity index (χ4n) is 2.20. The summed E-state index contributed by atoms with van der Waals surface area (Å²) in [5.41, 5.74) is 0.100. The van der Waals surface area contributed by atoms with Crippen LogP contribution in [-0.2, 0) is 0 Å². The summed E-state index contributed by atoms with van der Waals surface area (Å²) in [6.45, 7) is 1.23. The van der Waals surface area contributed by atoms with Crippen LogP contribution in [0, 0.1) is 16.7 Å². The standard InChI is InChI=1S/C10H16N2/c1-12-6-2-3-9(12)7-10(8-11)4-5-10/h9H,2-7H2,1H3. The first kappa shape index (κ1) is 8.07. The third-order valence-corrected chi connectivity index (χ3v) is 3.39. The highest BCUT2D eigenvalue weighted by atomic mass is 15.1. The number of nitrogens with zero attached hydrogens (tertiary/aromatic N) is 2. The van der Waals surface area contributed by atoms with Gasteiger partial charge in [-0.3, -0.25) is 0 Å². The van der Waals surface area contributed by atoms with E-state index in [2.05, 4.69) is 18.0 Å². The zero-order valence-electron chi connectivity index (χ0n) is 7.71. The van der Waals surface area contributed by atoms with Gasteiger partial charge in [0.2, 0.25) is 0 Å². The van der Waals surface area contributed by atoms with Gasteiger partial charge in [-0.15, -0.1) is 0 Å². The highest BCUT2D eigenvalue weighted by Gasteiger charge is 2.45. The Bertz CT molecular complexity index is 212. The molecule has 0 bridgehead atoms. The van der Waals surface area contributed by atoms with E-state index < -0.39 is 0 Å². The van der Waals surface area contributed by atoms with E-state index in [1.165, 1.54) is 19.4 Å². The minimum Gasteiger partial charge on any atom is -0.303 e. The summed E-state index contributed by atoms with van der Waals surface area (Å²) in [5.74, 6) is 0. The Labute approximate surface area is 74.2 Å². The topological polar surface area (TPSA) is 27.0 Å². The summed E-state index contributed by atoms with van der Waals surface area (Å²) in [5, 5.41) is 8.93. The lowest BCUT2D eigenvalue weighted by molar-refractivity contribution is 0.271. The summed E-state index contributed by atoms with van der Waals surface area (Å²) in [6.07, 6.45) is 6.05. The lowest BCUT2D eigenvalue weighted by Crippen LogP contribution is -2.27. The SMILES string of the molecule is CN1CCCC1CC1(C#N)CC1. The largest absolute Gasteiger partial charge is 0.303 e. The van der Waals surface area contributed by atoms with Crippen LogP contribution < -0.4 is 0 Å². The van der Waals surface area contributed by atoms with Crippen molar-refractivity contribution >= 4 is 0 Å². The lowest BCUT2D eigenvalue weighted by atomic mass is 9.97. The Morgan fingerprint density at radius 2 is 2.33 bits per heavy atom. The predicted molar refractivity (Wildman–Crippen MR) is 47.5 cm³/mol. The smallest absolute Gasteiger partial charge is 0.0690 e. The van der Waals surface area contributed by atoms with Crippen molar-refractivity contribution in [1.29, 1.82) is 5.26 Å². The number of hydrogen-bond acceptors (Lipinski definition) is 2. The number of likely N-dealkylation sites (tertiary alicyclic amines) is 1. The van der Waals surface area contributed by atoms with Crippen molar-refractivity contribution in [2.45, 2.75) is 38.1 Å². The highest BCUT2D eigenvalue weighted by molar-refractivity contribution is 5.11. The Morgan fingerprint density at radius 3 is 2.75 bits per heavy atom. The van der Waals surface area contributed by atoms with Gasteiger partial charge in [0.1, 0.15) is 0 Å². The monoisotopic (exact) mass is 164 g/mol. The van der Waals surface area contributed by atoms with Gasteiger partial charge in [-0.25, -0.2) is 0 Å².